The molecule has 0 fully saturated rings. The first-order valence-electron chi connectivity index (χ1n) is 3.95. The van der Waals surface area contributed by atoms with Crippen LogP contribution in [0.2, 0.25) is 0 Å². The Morgan fingerprint density at radius 2 is 2.55 bits per heavy atom. The maximum absolute atomic E-state index is 9.32. The minimum atomic E-state index is -0.169. The molecule has 1 unspecified atom stereocenters. The highest BCUT2D eigenvalue weighted by Gasteiger charge is 2.18. The van der Waals surface area contributed by atoms with E-state index in [-0.39, 0.29) is 6.10 Å². The zero-order valence-electron chi connectivity index (χ0n) is 6.62. The Morgan fingerprint density at radius 1 is 1.73 bits per heavy atom. The van der Waals surface area contributed by atoms with Crippen LogP contribution < -0.4 is 0 Å². The number of nitrogens with zero attached hydrogens (tertiary/aromatic N) is 2. The molecule has 1 atom stereocenters. The topological polar surface area (TPSA) is 38.0 Å². The van der Waals surface area contributed by atoms with Crippen LogP contribution in [0.4, 0.5) is 0 Å². The van der Waals surface area contributed by atoms with Gasteiger partial charge >= 0.3 is 0 Å². The summed E-state index contributed by atoms with van der Waals surface area (Å²) in [5.41, 5.74) is 2.38. The summed E-state index contributed by atoms with van der Waals surface area (Å²) in [5.74, 6) is 0. The molecular weight excluding hydrogens is 140 g/mol. The summed E-state index contributed by atoms with van der Waals surface area (Å²) in [6.45, 7) is 0. The molecule has 0 radical (unpaired) electrons. The first-order chi connectivity index (χ1) is 5.25. The van der Waals surface area contributed by atoms with Crippen LogP contribution in [0, 0.1) is 0 Å². The molecule has 1 aromatic heterocycles. The fourth-order valence-electron chi connectivity index (χ4n) is 1.61. The maximum Gasteiger partial charge on any atom is 0.0682 e. The first kappa shape index (κ1) is 6.85. The van der Waals surface area contributed by atoms with E-state index >= 15 is 0 Å². The third-order valence-electron chi connectivity index (χ3n) is 2.17. The summed E-state index contributed by atoms with van der Waals surface area (Å²) >= 11 is 0. The van der Waals surface area contributed by atoms with Crippen LogP contribution in [-0.4, -0.2) is 21.0 Å². The highest BCUT2D eigenvalue weighted by atomic mass is 16.3. The third-order valence-corrected chi connectivity index (χ3v) is 2.17. The molecule has 0 amide bonds. The van der Waals surface area contributed by atoms with E-state index in [0.717, 1.165) is 25.0 Å². The van der Waals surface area contributed by atoms with Gasteiger partial charge in [-0.15, -0.1) is 0 Å². The van der Waals surface area contributed by atoms with E-state index < -0.39 is 0 Å². The third kappa shape index (κ3) is 1.16. The van der Waals surface area contributed by atoms with E-state index in [4.69, 9.17) is 0 Å². The van der Waals surface area contributed by atoms with Gasteiger partial charge in [0.15, 0.2) is 0 Å². The molecule has 0 bridgehead atoms. The summed E-state index contributed by atoms with van der Waals surface area (Å²) in [4.78, 5) is 0. The van der Waals surface area contributed by atoms with Crippen LogP contribution in [0.1, 0.15) is 17.7 Å². The Kier molecular flexibility index (Phi) is 1.46. The predicted molar refractivity (Wildman–Crippen MR) is 41.2 cm³/mol. The predicted octanol–water partition coefficient (Wildman–Crippen LogP) is 0.270. The smallest absolute Gasteiger partial charge is 0.0682 e. The lowest BCUT2D eigenvalue weighted by Crippen LogP contribution is -2.17. The molecular formula is C8H12N2O. The molecule has 3 nitrogen and oxygen atoms in total. The SMILES string of the molecule is Cn1cc2c(n1)CC(O)CC2. The van der Waals surface area contributed by atoms with E-state index in [0.29, 0.717) is 0 Å². The van der Waals surface area contributed by atoms with Crippen molar-refractivity contribution < 1.29 is 5.11 Å². The number of rotatable bonds is 0. The quantitative estimate of drug-likeness (QED) is 0.579. The lowest BCUT2D eigenvalue weighted by atomic mass is 9.96. The van der Waals surface area contributed by atoms with Crippen molar-refractivity contribution in [2.75, 3.05) is 0 Å². The number of aromatic nitrogens is 2. The Labute approximate surface area is 65.7 Å². The molecule has 0 saturated carbocycles. The summed E-state index contributed by atoms with van der Waals surface area (Å²) in [5, 5.41) is 13.6. The molecule has 2 rings (SSSR count). The number of fused-ring (bicyclic) bond motifs is 1. The second-order valence-corrected chi connectivity index (χ2v) is 3.17. The highest BCUT2D eigenvalue weighted by molar-refractivity contribution is 5.20. The first-order valence-corrected chi connectivity index (χ1v) is 3.95. The Hall–Kier alpha value is -0.830. The van der Waals surface area contributed by atoms with Gasteiger partial charge in [0.25, 0.3) is 0 Å². The maximum atomic E-state index is 9.32. The van der Waals surface area contributed by atoms with Crippen LogP contribution in [0.5, 0.6) is 0 Å². The fourth-order valence-corrected chi connectivity index (χ4v) is 1.61. The normalized spacial score (nSPS) is 23.3. The van der Waals surface area contributed by atoms with Gasteiger partial charge < -0.3 is 5.11 Å². The van der Waals surface area contributed by atoms with E-state index in [2.05, 4.69) is 5.10 Å². The molecule has 1 N–H and O–H groups in total. The average Bonchev–Trinajstić information content (AvgIpc) is 2.27. The van der Waals surface area contributed by atoms with Crippen molar-refractivity contribution in [1.29, 1.82) is 0 Å². The molecule has 1 aromatic rings. The molecule has 1 heterocycles. The fraction of sp³-hybridized carbons (Fsp3) is 0.625. The molecule has 0 aliphatic heterocycles. The molecule has 11 heavy (non-hydrogen) atoms. The van der Waals surface area contributed by atoms with E-state index in [1.165, 1.54) is 5.56 Å². The number of aliphatic hydroxyl groups excluding tert-OH is 1. The minimum absolute atomic E-state index is 0.169. The Balaban J connectivity index is 2.34. The van der Waals surface area contributed by atoms with Gasteiger partial charge in [0.2, 0.25) is 0 Å². The number of hydrogen-bond acceptors (Lipinski definition) is 2. The van der Waals surface area contributed by atoms with Crippen LogP contribution in [0.25, 0.3) is 0 Å². The molecule has 1 aliphatic carbocycles. The van der Waals surface area contributed by atoms with Crippen molar-refractivity contribution in [3.8, 4) is 0 Å². The van der Waals surface area contributed by atoms with Gasteiger partial charge in [-0.2, -0.15) is 5.10 Å². The summed E-state index contributed by atoms with van der Waals surface area (Å²) in [6, 6.07) is 0. The van der Waals surface area contributed by atoms with Crippen molar-refractivity contribution in [2.45, 2.75) is 25.4 Å². The largest absolute Gasteiger partial charge is 0.393 e. The van der Waals surface area contributed by atoms with Gasteiger partial charge in [0.05, 0.1) is 11.8 Å². The summed E-state index contributed by atoms with van der Waals surface area (Å²) < 4.78 is 1.82. The number of aryl methyl sites for hydroxylation is 2. The van der Waals surface area contributed by atoms with Gasteiger partial charge in [0, 0.05) is 19.7 Å². The highest BCUT2D eigenvalue weighted by Crippen LogP contribution is 2.19. The van der Waals surface area contributed by atoms with Crippen molar-refractivity contribution in [3.05, 3.63) is 17.5 Å². The van der Waals surface area contributed by atoms with Gasteiger partial charge in [-0.3, -0.25) is 4.68 Å². The monoisotopic (exact) mass is 152 g/mol. The lowest BCUT2D eigenvalue weighted by Gasteiger charge is -2.14. The second-order valence-electron chi connectivity index (χ2n) is 3.17. The minimum Gasteiger partial charge on any atom is -0.393 e. The molecule has 0 spiro atoms. The van der Waals surface area contributed by atoms with Crippen LogP contribution in [0.15, 0.2) is 6.20 Å². The Morgan fingerprint density at radius 3 is 3.36 bits per heavy atom. The van der Waals surface area contributed by atoms with Crippen molar-refractivity contribution >= 4 is 0 Å². The summed E-state index contributed by atoms with van der Waals surface area (Å²) in [7, 11) is 1.92. The number of hydrogen-bond donors (Lipinski definition) is 1. The standard InChI is InChI=1S/C8H12N2O/c1-10-5-6-2-3-7(11)4-8(6)9-10/h5,7,11H,2-4H2,1H3. The van der Waals surface area contributed by atoms with Gasteiger partial charge in [-0.05, 0) is 18.4 Å². The zero-order valence-corrected chi connectivity index (χ0v) is 6.62. The molecule has 0 aromatic carbocycles. The van der Waals surface area contributed by atoms with Gasteiger partial charge in [0.1, 0.15) is 0 Å². The van der Waals surface area contributed by atoms with Gasteiger partial charge in [-0.1, -0.05) is 0 Å². The van der Waals surface area contributed by atoms with Crippen LogP contribution >= 0.6 is 0 Å². The van der Waals surface area contributed by atoms with Crippen molar-refractivity contribution in [1.82, 2.24) is 9.78 Å². The summed E-state index contributed by atoms with van der Waals surface area (Å²) in [6.07, 6.45) is 4.47. The molecule has 0 saturated heterocycles. The van der Waals surface area contributed by atoms with Crippen molar-refractivity contribution in [3.63, 3.8) is 0 Å². The lowest BCUT2D eigenvalue weighted by molar-refractivity contribution is 0.157. The van der Waals surface area contributed by atoms with E-state index in [1.54, 1.807) is 0 Å². The molecule has 60 valence electrons. The molecule has 1 aliphatic rings. The number of aliphatic hydroxyl groups is 1. The Bertz CT molecular complexity index is 267. The average molecular weight is 152 g/mol. The zero-order chi connectivity index (χ0) is 7.84. The van der Waals surface area contributed by atoms with Crippen molar-refractivity contribution in [2.24, 2.45) is 7.05 Å². The van der Waals surface area contributed by atoms with Gasteiger partial charge in [-0.25, -0.2) is 0 Å². The van der Waals surface area contributed by atoms with Crippen LogP contribution in [-0.2, 0) is 19.9 Å². The second kappa shape index (κ2) is 2.34. The molecule has 3 heteroatoms. The van der Waals surface area contributed by atoms with E-state index in [9.17, 15) is 5.11 Å². The van der Waals surface area contributed by atoms with Crippen LogP contribution in [0.3, 0.4) is 0 Å². The van der Waals surface area contributed by atoms with E-state index in [1.807, 2.05) is 17.9 Å².